The Labute approximate surface area is 95.6 Å². The highest BCUT2D eigenvalue weighted by atomic mass is 16.5. The topological polar surface area (TPSA) is 46.3 Å². The minimum absolute atomic E-state index is 0.0170. The van der Waals surface area contributed by atoms with Crippen molar-refractivity contribution in [1.82, 2.24) is 10.1 Å². The Morgan fingerprint density at radius 1 is 1.62 bits per heavy atom. The second kappa shape index (κ2) is 4.68. The van der Waals surface area contributed by atoms with Gasteiger partial charge in [0, 0.05) is 18.7 Å². The van der Waals surface area contributed by atoms with Crippen molar-refractivity contribution in [3.8, 4) is 0 Å². The lowest BCUT2D eigenvalue weighted by atomic mass is 9.99. The fourth-order valence-electron chi connectivity index (χ4n) is 2.31. The highest BCUT2D eigenvalue weighted by molar-refractivity contribution is 5.92. The van der Waals surface area contributed by atoms with Crippen LogP contribution in [0.3, 0.4) is 0 Å². The first-order valence-electron chi connectivity index (χ1n) is 5.96. The van der Waals surface area contributed by atoms with Crippen LogP contribution >= 0.6 is 0 Å². The van der Waals surface area contributed by atoms with Crippen molar-refractivity contribution in [1.29, 1.82) is 0 Å². The maximum Gasteiger partial charge on any atom is 0.276 e. The normalized spacial score (nSPS) is 21.1. The molecule has 1 unspecified atom stereocenters. The molecule has 88 valence electrons. The summed E-state index contributed by atoms with van der Waals surface area (Å²) in [6.45, 7) is 4.78. The van der Waals surface area contributed by atoms with Crippen LogP contribution in [-0.2, 0) is 0 Å². The largest absolute Gasteiger partial charge is 0.361 e. The van der Waals surface area contributed by atoms with Gasteiger partial charge in [0.2, 0.25) is 0 Å². The molecule has 4 heteroatoms. The third-order valence-electron chi connectivity index (χ3n) is 3.21. The molecule has 1 atom stereocenters. The van der Waals surface area contributed by atoms with Crippen molar-refractivity contribution in [3.05, 3.63) is 17.5 Å². The average molecular weight is 222 g/mol. The number of aryl methyl sites for hydroxylation is 1. The van der Waals surface area contributed by atoms with Crippen LogP contribution in [0.5, 0.6) is 0 Å². The summed E-state index contributed by atoms with van der Waals surface area (Å²) in [5, 5.41) is 3.79. The lowest BCUT2D eigenvalue weighted by Gasteiger charge is -2.34. The first-order chi connectivity index (χ1) is 7.72. The standard InChI is InChI=1S/C12H18N2O2/c1-3-10-6-4-5-7-14(10)12(15)11-8-9(2)16-13-11/h8,10H,3-7H2,1-2H3. The number of likely N-dealkylation sites (tertiary alicyclic amines) is 1. The first kappa shape index (κ1) is 11.2. The lowest BCUT2D eigenvalue weighted by molar-refractivity contribution is 0.0597. The van der Waals surface area contributed by atoms with E-state index in [0.29, 0.717) is 17.5 Å². The van der Waals surface area contributed by atoms with Crippen molar-refractivity contribution >= 4 is 5.91 Å². The number of hydrogen-bond donors (Lipinski definition) is 0. The van der Waals surface area contributed by atoms with E-state index in [0.717, 1.165) is 25.8 Å². The number of piperidine rings is 1. The summed E-state index contributed by atoms with van der Waals surface area (Å²) in [5.74, 6) is 0.705. The molecule has 1 aliphatic rings. The van der Waals surface area contributed by atoms with Crippen LogP contribution < -0.4 is 0 Å². The molecule has 0 bridgehead atoms. The van der Waals surface area contributed by atoms with Crippen LogP contribution in [-0.4, -0.2) is 28.6 Å². The van der Waals surface area contributed by atoms with Crippen LogP contribution in [0.1, 0.15) is 48.9 Å². The van der Waals surface area contributed by atoms with Crippen molar-refractivity contribution < 1.29 is 9.32 Å². The molecule has 1 aromatic rings. The number of amides is 1. The van der Waals surface area contributed by atoms with E-state index in [-0.39, 0.29) is 5.91 Å². The fraction of sp³-hybridized carbons (Fsp3) is 0.667. The van der Waals surface area contributed by atoms with Crippen LogP contribution in [0.25, 0.3) is 0 Å². The lowest BCUT2D eigenvalue weighted by Crippen LogP contribution is -2.43. The zero-order valence-electron chi connectivity index (χ0n) is 9.90. The van der Waals surface area contributed by atoms with E-state index in [2.05, 4.69) is 12.1 Å². The fourth-order valence-corrected chi connectivity index (χ4v) is 2.31. The first-order valence-corrected chi connectivity index (χ1v) is 5.96. The van der Waals surface area contributed by atoms with Gasteiger partial charge in [0.1, 0.15) is 5.76 Å². The summed E-state index contributed by atoms with van der Waals surface area (Å²) in [7, 11) is 0. The van der Waals surface area contributed by atoms with Gasteiger partial charge in [-0.2, -0.15) is 0 Å². The summed E-state index contributed by atoms with van der Waals surface area (Å²) in [4.78, 5) is 14.1. The minimum atomic E-state index is 0.0170. The molecule has 2 heterocycles. The number of rotatable bonds is 2. The Morgan fingerprint density at radius 3 is 3.06 bits per heavy atom. The second-order valence-electron chi connectivity index (χ2n) is 4.38. The molecule has 16 heavy (non-hydrogen) atoms. The predicted octanol–water partition coefficient (Wildman–Crippen LogP) is 2.39. The van der Waals surface area contributed by atoms with Crippen molar-refractivity contribution in [2.24, 2.45) is 0 Å². The number of hydrogen-bond acceptors (Lipinski definition) is 3. The van der Waals surface area contributed by atoms with Gasteiger partial charge in [-0.3, -0.25) is 4.79 Å². The van der Waals surface area contributed by atoms with E-state index in [9.17, 15) is 4.79 Å². The summed E-state index contributed by atoms with van der Waals surface area (Å²) >= 11 is 0. The average Bonchev–Trinajstić information content (AvgIpc) is 2.75. The Kier molecular flexibility index (Phi) is 3.27. The van der Waals surface area contributed by atoms with Gasteiger partial charge in [-0.05, 0) is 32.6 Å². The predicted molar refractivity (Wildman–Crippen MR) is 60.2 cm³/mol. The molecule has 0 aromatic carbocycles. The molecular formula is C12H18N2O2. The summed E-state index contributed by atoms with van der Waals surface area (Å²) < 4.78 is 4.95. The zero-order valence-corrected chi connectivity index (χ0v) is 9.90. The number of nitrogens with zero attached hydrogens (tertiary/aromatic N) is 2. The van der Waals surface area contributed by atoms with Gasteiger partial charge in [0.05, 0.1) is 0 Å². The highest BCUT2D eigenvalue weighted by Crippen LogP contribution is 2.21. The Balaban J connectivity index is 2.13. The van der Waals surface area contributed by atoms with Gasteiger partial charge < -0.3 is 9.42 Å². The molecule has 0 saturated carbocycles. The third kappa shape index (κ3) is 2.10. The van der Waals surface area contributed by atoms with E-state index in [4.69, 9.17) is 4.52 Å². The van der Waals surface area contributed by atoms with E-state index < -0.39 is 0 Å². The van der Waals surface area contributed by atoms with Gasteiger partial charge in [-0.25, -0.2) is 0 Å². The SMILES string of the molecule is CCC1CCCCN1C(=O)c1cc(C)on1. The Morgan fingerprint density at radius 2 is 2.44 bits per heavy atom. The van der Waals surface area contributed by atoms with E-state index >= 15 is 0 Å². The zero-order chi connectivity index (χ0) is 11.5. The van der Waals surface area contributed by atoms with Gasteiger partial charge in [-0.15, -0.1) is 0 Å². The third-order valence-corrected chi connectivity index (χ3v) is 3.21. The Bertz CT molecular complexity index is 373. The van der Waals surface area contributed by atoms with E-state index in [1.54, 1.807) is 13.0 Å². The molecule has 0 spiro atoms. The van der Waals surface area contributed by atoms with Crippen molar-refractivity contribution in [2.75, 3.05) is 6.54 Å². The van der Waals surface area contributed by atoms with Gasteiger partial charge in [0.15, 0.2) is 5.69 Å². The molecule has 1 saturated heterocycles. The van der Waals surface area contributed by atoms with Crippen LogP contribution in [0, 0.1) is 6.92 Å². The highest BCUT2D eigenvalue weighted by Gasteiger charge is 2.27. The van der Waals surface area contributed by atoms with Gasteiger partial charge in [0.25, 0.3) is 5.91 Å². The second-order valence-corrected chi connectivity index (χ2v) is 4.38. The summed E-state index contributed by atoms with van der Waals surface area (Å²) in [6.07, 6.45) is 4.45. The maximum atomic E-state index is 12.2. The van der Waals surface area contributed by atoms with Gasteiger partial charge in [-0.1, -0.05) is 12.1 Å². The number of aromatic nitrogens is 1. The molecule has 0 N–H and O–H groups in total. The summed E-state index contributed by atoms with van der Waals surface area (Å²) in [6, 6.07) is 2.09. The van der Waals surface area contributed by atoms with Crippen LogP contribution in [0.15, 0.2) is 10.6 Å². The molecule has 1 fully saturated rings. The van der Waals surface area contributed by atoms with Gasteiger partial charge >= 0.3 is 0 Å². The molecule has 4 nitrogen and oxygen atoms in total. The van der Waals surface area contributed by atoms with Crippen molar-refractivity contribution in [3.63, 3.8) is 0 Å². The van der Waals surface area contributed by atoms with Crippen molar-refractivity contribution in [2.45, 2.75) is 45.6 Å². The number of carbonyl (C=O) groups is 1. The Hall–Kier alpha value is -1.32. The quantitative estimate of drug-likeness (QED) is 0.771. The minimum Gasteiger partial charge on any atom is -0.361 e. The molecule has 2 rings (SSSR count). The smallest absolute Gasteiger partial charge is 0.276 e. The molecule has 0 aliphatic carbocycles. The molecule has 0 radical (unpaired) electrons. The molecule has 1 amide bonds. The molecule has 1 aliphatic heterocycles. The van der Waals surface area contributed by atoms with Crippen LogP contribution in [0.2, 0.25) is 0 Å². The maximum absolute atomic E-state index is 12.2. The summed E-state index contributed by atoms with van der Waals surface area (Å²) in [5.41, 5.74) is 0.442. The number of carbonyl (C=O) groups excluding carboxylic acids is 1. The monoisotopic (exact) mass is 222 g/mol. The van der Waals surface area contributed by atoms with Crippen LogP contribution in [0.4, 0.5) is 0 Å². The molecular weight excluding hydrogens is 204 g/mol. The molecule has 1 aromatic heterocycles. The van der Waals surface area contributed by atoms with E-state index in [1.807, 2.05) is 4.90 Å². The van der Waals surface area contributed by atoms with E-state index in [1.165, 1.54) is 6.42 Å².